The quantitative estimate of drug-likeness (QED) is 0.0211. The third kappa shape index (κ3) is 61.3. The summed E-state index contributed by atoms with van der Waals surface area (Å²) in [6, 6.07) is 0. The van der Waals surface area contributed by atoms with Crippen LogP contribution < -0.4 is 0 Å². The molecule has 0 aromatic carbocycles. The van der Waals surface area contributed by atoms with Crippen molar-refractivity contribution in [1.82, 2.24) is 0 Å². The predicted octanol–water partition coefficient (Wildman–Crippen LogP) is 19.6. The van der Waals surface area contributed by atoms with E-state index in [1.54, 1.807) is 0 Å². The highest BCUT2D eigenvalue weighted by Gasteiger charge is 2.25. The van der Waals surface area contributed by atoms with E-state index in [0.29, 0.717) is 23.9 Å². The normalized spacial score (nSPS) is 13.6. The maximum Gasteiger partial charge on any atom is 0.361 e. The second-order valence-electron chi connectivity index (χ2n) is 22.3. The molecule has 2 atom stereocenters. The number of likely N-dealkylation sites (N-methyl/N-ethyl adjacent to an activating group) is 1. The van der Waals surface area contributed by atoms with Gasteiger partial charge in [0.05, 0.1) is 34.4 Å². The number of unbranched alkanes of at least 4 members (excludes halogenated alkanes) is 23. The van der Waals surface area contributed by atoms with Crippen LogP contribution in [0.25, 0.3) is 0 Å². The largest absolute Gasteiger partial charge is 0.477 e. The molecule has 1 N–H and O–H groups in total. The van der Waals surface area contributed by atoms with Gasteiger partial charge in [0.15, 0.2) is 6.10 Å². The SMILES string of the molecule is CC/C=C\C/C=C\C/C=C\C/C=C\C/C=C\C/C=C\C/C=C\C/C=C\C/C=C\C/C=C\CCCCCCC(=O)OC(COC(=O)CCCCCCCCCCCCCCCCCCCCCC)COC(OCC[N+](C)(C)C)C(=O)O. The summed E-state index contributed by atoms with van der Waals surface area (Å²) in [5.41, 5.74) is 0. The predicted molar refractivity (Wildman–Crippen MR) is 341 cm³/mol. The van der Waals surface area contributed by atoms with Gasteiger partial charge in [-0.05, 0) is 89.9 Å². The Morgan fingerprint density at radius 3 is 1.06 bits per heavy atom. The molecule has 0 amide bonds. The molecule has 0 aromatic rings. The number of carboxylic acids is 1. The standard InChI is InChI=1S/C71H119NO8/c1-6-8-10-12-14-16-18-20-22-24-26-28-29-30-31-32-33-34-35-36-37-38-39-40-41-42-44-46-48-50-52-54-56-58-60-62-69(74)80-67(66-79-71(70(75)76)77-64-63-72(3,4)5)65-78-68(73)61-59-57-55-53-51-49-47-45-43-27-25-23-21-19-17-15-13-11-9-7-2/h8,10,14,16,20,22,26,28,30-31,33-34,36-37,39-40,42,44,48,50,67,71H,6-7,9,11-13,15,17-19,21,23-25,27,29,32,35,38,41,43,45-47,49,51-66H2,1-5H3/p+1/b10-8-,16-14-,22-20-,28-26-,31-30-,34-33-,37-36-,40-39-,44-42-,50-48-. The van der Waals surface area contributed by atoms with Crippen LogP contribution in [0.3, 0.4) is 0 Å². The molecule has 0 aliphatic carbocycles. The summed E-state index contributed by atoms with van der Waals surface area (Å²) in [7, 11) is 5.96. The molecule has 0 radical (unpaired) electrons. The first-order chi connectivity index (χ1) is 39.1. The average molecular weight is 1120 g/mol. The van der Waals surface area contributed by atoms with Crippen LogP contribution in [0.15, 0.2) is 122 Å². The van der Waals surface area contributed by atoms with Gasteiger partial charge in [0, 0.05) is 12.8 Å². The lowest BCUT2D eigenvalue weighted by Crippen LogP contribution is -2.40. The number of nitrogens with zero attached hydrogens (tertiary/aromatic N) is 1. The summed E-state index contributed by atoms with van der Waals surface area (Å²) in [4.78, 5) is 37.5. The smallest absolute Gasteiger partial charge is 0.361 e. The Balaban J connectivity index is 4.27. The van der Waals surface area contributed by atoms with Crippen LogP contribution in [0, 0.1) is 0 Å². The lowest BCUT2D eigenvalue weighted by molar-refractivity contribution is -0.870. The number of esters is 2. The summed E-state index contributed by atoms with van der Waals surface area (Å²) >= 11 is 0. The van der Waals surface area contributed by atoms with E-state index in [-0.39, 0.29) is 32.2 Å². The van der Waals surface area contributed by atoms with Crippen LogP contribution in [0.2, 0.25) is 0 Å². The molecule has 9 nitrogen and oxygen atoms in total. The van der Waals surface area contributed by atoms with Crippen molar-refractivity contribution in [1.29, 1.82) is 0 Å². The number of allylic oxidation sites excluding steroid dienone is 20. The zero-order valence-electron chi connectivity index (χ0n) is 51.9. The number of hydrogen-bond acceptors (Lipinski definition) is 7. The molecule has 0 bridgehead atoms. The van der Waals surface area contributed by atoms with E-state index in [4.69, 9.17) is 18.9 Å². The Bertz CT molecular complexity index is 1730. The van der Waals surface area contributed by atoms with Gasteiger partial charge in [-0.2, -0.15) is 0 Å². The number of rotatable bonds is 58. The van der Waals surface area contributed by atoms with E-state index >= 15 is 0 Å². The van der Waals surface area contributed by atoms with Crippen molar-refractivity contribution in [2.24, 2.45) is 0 Å². The lowest BCUT2D eigenvalue weighted by Gasteiger charge is -2.25. The highest BCUT2D eigenvalue weighted by molar-refractivity contribution is 5.71. The zero-order valence-corrected chi connectivity index (χ0v) is 51.9. The molecule has 0 spiro atoms. The number of aliphatic carboxylic acids is 1. The molecule has 0 rings (SSSR count). The molecule has 0 heterocycles. The van der Waals surface area contributed by atoms with Crippen molar-refractivity contribution >= 4 is 17.9 Å². The maximum atomic E-state index is 12.9. The third-order valence-electron chi connectivity index (χ3n) is 13.5. The van der Waals surface area contributed by atoms with Gasteiger partial charge in [0.25, 0.3) is 6.29 Å². The first-order valence-corrected chi connectivity index (χ1v) is 32.2. The van der Waals surface area contributed by atoms with Gasteiger partial charge < -0.3 is 28.5 Å². The van der Waals surface area contributed by atoms with E-state index in [1.807, 2.05) is 21.1 Å². The minimum atomic E-state index is -1.52. The fourth-order valence-electron chi connectivity index (χ4n) is 8.57. The molecule has 0 fully saturated rings. The van der Waals surface area contributed by atoms with Gasteiger partial charge >= 0.3 is 17.9 Å². The maximum absolute atomic E-state index is 12.9. The summed E-state index contributed by atoms with van der Waals surface area (Å²) in [5, 5.41) is 9.72. The molecule has 80 heavy (non-hydrogen) atoms. The van der Waals surface area contributed by atoms with Gasteiger partial charge in [-0.3, -0.25) is 9.59 Å². The van der Waals surface area contributed by atoms with Crippen LogP contribution in [0.1, 0.15) is 251 Å². The Kier molecular flexibility index (Phi) is 57.5. The van der Waals surface area contributed by atoms with Crippen molar-refractivity contribution in [3.05, 3.63) is 122 Å². The van der Waals surface area contributed by atoms with E-state index in [9.17, 15) is 19.5 Å². The minimum absolute atomic E-state index is 0.177. The highest BCUT2D eigenvalue weighted by Crippen LogP contribution is 2.16. The summed E-state index contributed by atoms with van der Waals surface area (Å²) < 4.78 is 22.9. The molecule has 0 aromatic heterocycles. The second kappa shape index (κ2) is 60.8. The van der Waals surface area contributed by atoms with E-state index < -0.39 is 24.3 Å². The second-order valence-corrected chi connectivity index (χ2v) is 22.3. The van der Waals surface area contributed by atoms with Crippen LogP contribution in [0.4, 0.5) is 0 Å². The van der Waals surface area contributed by atoms with Crippen LogP contribution in [-0.2, 0) is 33.3 Å². The van der Waals surface area contributed by atoms with Crippen LogP contribution >= 0.6 is 0 Å². The van der Waals surface area contributed by atoms with Crippen molar-refractivity contribution in [3.8, 4) is 0 Å². The van der Waals surface area contributed by atoms with Gasteiger partial charge in [-0.1, -0.05) is 270 Å². The van der Waals surface area contributed by atoms with Gasteiger partial charge in [0.2, 0.25) is 0 Å². The van der Waals surface area contributed by atoms with Crippen molar-refractivity contribution in [2.75, 3.05) is 47.5 Å². The summed E-state index contributed by atoms with van der Waals surface area (Å²) in [6.07, 6.45) is 82.9. The minimum Gasteiger partial charge on any atom is -0.477 e. The zero-order chi connectivity index (χ0) is 58.3. The number of ether oxygens (including phenoxy) is 4. The average Bonchev–Trinajstić information content (AvgIpc) is 3.43. The Morgan fingerprint density at radius 1 is 0.388 bits per heavy atom. The topological polar surface area (TPSA) is 108 Å². The van der Waals surface area contributed by atoms with E-state index in [2.05, 4.69) is 135 Å². The first-order valence-electron chi connectivity index (χ1n) is 32.2. The molecule has 0 saturated heterocycles. The number of carbonyl (C=O) groups excluding carboxylic acids is 2. The Labute approximate surface area is 491 Å². The molecule has 0 saturated carbocycles. The number of hydrogen-bond donors (Lipinski definition) is 1. The number of carboxylic acid groups (broad SMARTS) is 1. The van der Waals surface area contributed by atoms with Crippen molar-refractivity contribution in [3.63, 3.8) is 0 Å². The molecule has 456 valence electrons. The fourth-order valence-corrected chi connectivity index (χ4v) is 8.57. The Hall–Kier alpha value is -4.31. The molecule has 9 heteroatoms. The fraction of sp³-hybridized carbons (Fsp3) is 0.676. The molecular weight excluding hydrogens is 995 g/mol. The van der Waals surface area contributed by atoms with Crippen LogP contribution in [-0.4, -0.2) is 87.4 Å². The highest BCUT2D eigenvalue weighted by atomic mass is 16.7. The monoisotopic (exact) mass is 1110 g/mol. The number of carbonyl (C=O) groups is 3. The van der Waals surface area contributed by atoms with Crippen molar-refractivity contribution in [2.45, 2.75) is 264 Å². The van der Waals surface area contributed by atoms with E-state index in [0.717, 1.165) is 109 Å². The third-order valence-corrected chi connectivity index (χ3v) is 13.5. The molecule has 0 aliphatic rings. The van der Waals surface area contributed by atoms with Gasteiger partial charge in [-0.15, -0.1) is 0 Å². The summed E-state index contributed by atoms with van der Waals surface area (Å²) in [5.74, 6) is -2.04. The molecule has 2 unspecified atom stereocenters. The van der Waals surface area contributed by atoms with Crippen molar-refractivity contribution < 1.29 is 42.9 Å². The van der Waals surface area contributed by atoms with Gasteiger partial charge in [0.1, 0.15) is 13.2 Å². The molecule has 0 aliphatic heterocycles. The lowest BCUT2D eigenvalue weighted by atomic mass is 10.0. The van der Waals surface area contributed by atoms with E-state index in [1.165, 1.54) is 109 Å². The first kappa shape index (κ1) is 75.7. The van der Waals surface area contributed by atoms with Gasteiger partial charge in [-0.25, -0.2) is 4.79 Å². The number of quaternary nitrogens is 1. The molecular formula is C71H120NO8+. The Morgan fingerprint density at radius 2 is 0.713 bits per heavy atom. The summed E-state index contributed by atoms with van der Waals surface area (Å²) in [6.45, 7) is 4.74. The van der Waals surface area contributed by atoms with Crippen LogP contribution in [0.5, 0.6) is 0 Å².